The summed E-state index contributed by atoms with van der Waals surface area (Å²) in [7, 11) is -1.80. The van der Waals surface area contributed by atoms with E-state index in [0.29, 0.717) is 18.7 Å². The predicted molar refractivity (Wildman–Crippen MR) is 77.9 cm³/mol. The van der Waals surface area contributed by atoms with Gasteiger partial charge < -0.3 is 4.74 Å². The molecule has 6 nitrogen and oxygen atoms in total. The molecule has 0 unspecified atom stereocenters. The maximum Gasteiger partial charge on any atom is 0.232 e. The molecule has 2 aromatic rings. The van der Waals surface area contributed by atoms with Gasteiger partial charge in [-0.2, -0.15) is 5.10 Å². The van der Waals surface area contributed by atoms with Crippen LogP contribution < -0.4 is 4.72 Å². The van der Waals surface area contributed by atoms with Crippen LogP contribution in [0.15, 0.2) is 36.5 Å². The number of hydrogen-bond donors (Lipinski definition) is 2. The maximum absolute atomic E-state index is 11.9. The number of aromatic nitrogens is 2. The summed E-state index contributed by atoms with van der Waals surface area (Å²) in [5.74, 6) is 0.0368. The third-order valence-electron chi connectivity index (χ3n) is 2.71. The molecule has 0 atom stereocenters. The second kappa shape index (κ2) is 6.53. The number of ether oxygens (including phenoxy) is 1. The quantitative estimate of drug-likeness (QED) is 0.764. The average molecular weight is 295 g/mol. The molecule has 0 bridgehead atoms. The molecule has 0 aliphatic heterocycles. The van der Waals surface area contributed by atoms with E-state index >= 15 is 0 Å². The first-order chi connectivity index (χ1) is 9.61. The number of nitrogens with one attached hydrogen (secondary N) is 2. The Morgan fingerprint density at radius 2 is 2.20 bits per heavy atom. The summed E-state index contributed by atoms with van der Waals surface area (Å²) in [6.45, 7) is 0.426. The lowest BCUT2D eigenvalue weighted by Gasteiger charge is -2.08. The molecule has 0 spiro atoms. The standard InChI is InChI=1S/C13H17N3O3S/c1-19-8-3-9-20(17,18)16-12-5-2-4-11(10-12)13-6-7-14-15-13/h2,4-7,10,16H,3,8-9H2,1H3,(H,14,15). The number of hydrogen-bond acceptors (Lipinski definition) is 4. The van der Waals surface area contributed by atoms with Crippen molar-refractivity contribution in [2.75, 3.05) is 24.2 Å². The molecule has 0 fully saturated rings. The summed E-state index contributed by atoms with van der Waals surface area (Å²) in [4.78, 5) is 0. The van der Waals surface area contributed by atoms with Gasteiger partial charge in [0.05, 0.1) is 11.4 Å². The van der Waals surface area contributed by atoms with Crippen molar-refractivity contribution in [1.29, 1.82) is 0 Å². The molecular formula is C13H17N3O3S. The molecule has 0 radical (unpaired) electrons. The highest BCUT2D eigenvalue weighted by atomic mass is 32.2. The molecule has 0 aliphatic rings. The van der Waals surface area contributed by atoms with E-state index in [1.54, 1.807) is 31.5 Å². The first-order valence-corrected chi connectivity index (χ1v) is 7.85. The van der Waals surface area contributed by atoms with Crippen molar-refractivity contribution < 1.29 is 13.2 Å². The molecule has 0 saturated heterocycles. The van der Waals surface area contributed by atoms with Gasteiger partial charge in [-0.1, -0.05) is 12.1 Å². The SMILES string of the molecule is COCCCS(=O)(=O)Nc1cccc(-c2ccn[nH]2)c1. The monoisotopic (exact) mass is 295 g/mol. The van der Waals surface area contributed by atoms with Crippen LogP contribution in [0.4, 0.5) is 5.69 Å². The van der Waals surface area contributed by atoms with Gasteiger partial charge in [0, 0.05) is 31.2 Å². The van der Waals surface area contributed by atoms with Crippen LogP contribution in [0.3, 0.4) is 0 Å². The van der Waals surface area contributed by atoms with Gasteiger partial charge in [0.25, 0.3) is 0 Å². The number of methoxy groups -OCH3 is 1. The molecule has 2 N–H and O–H groups in total. The Morgan fingerprint density at radius 3 is 2.90 bits per heavy atom. The molecule has 20 heavy (non-hydrogen) atoms. The van der Waals surface area contributed by atoms with Crippen molar-refractivity contribution in [3.63, 3.8) is 0 Å². The van der Waals surface area contributed by atoms with Crippen LogP contribution in [0.1, 0.15) is 6.42 Å². The van der Waals surface area contributed by atoms with Gasteiger partial charge in [-0.25, -0.2) is 8.42 Å². The largest absolute Gasteiger partial charge is 0.385 e. The van der Waals surface area contributed by atoms with Crippen molar-refractivity contribution in [3.05, 3.63) is 36.5 Å². The fourth-order valence-corrected chi connectivity index (χ4v) is 2.88. The summed E-state index contributed by atoms with van der Waals surface area (Å²) in [6.07, 6.45) is 2.11. The Morgan fingerprint density at radius 1 is 1.35 bits per heavy atom. The predicted octanol–water partition coefficient (Wildman–Crippen LogP) is 1.85. The van der Waals surface area contributed by atoms with Crippen molar-refractivity contribution in [2.45, 2.75) is 6.42 Å². The van der Waals surface area contributed by atoms with Gasteiger partial charge in [0.15, 0.2) is 0 Å². The minimum atomic E-state index is -3.35. The molecule has 0 saturated carbocycles. The van der Waals surface area contributed by atoms with E-state index in [1.165, 1.54) is 0 Å². The third-order valence-corrected chi connectivity index (χ3v) is 4.08. The minimum Gasteiger partial charge on any atom is -0.385 e. The molecular weight excluding hydrogens is 278 g/mol. The van der Waals surface area contributed by atoms with E-state index in [0.717, 1.165) is 11.3 Å². The van der Waals surface area contributed by atoms with Crippen molar-refractivity contribution in [3.8, 4) is 11.3 Å². The van der Waals surface area contributed by atoms with Gasteiger partial charge >= 0.3 is 0 Å². The smallest absolute Gasteiger partial charge is 0.232 e. The maximum atomic E-state index is 11.9. The summed E-state index contributed by atoms with van der Waals surface area (Å²) in [6, 6.07) is 8.99. The first kappa shape index (κ1) is 14.5. The molecule has 1 aromatic carbocycles. The van der Waals surface area contributed by atoms with Crippen LogP contribution in [0, 0.1) is 0 Å². The second-order valence-corrected chi connectivity index (χ2v) is 6.16. The van der Waals surface area contributed by atoms with E-state index in [4.69, 9.17) is 4.74 Å². The fourth-order valence-electron chi connectivity index (χ4n) is 1.79. The minimum absolute atomic E-state index is 0.0368. The van der Waals surface area contributed by atoms with Crippen LogP contribution in [0.5, 0.6) is 0 Å². The highest BCUT2D eigenvalue weighted by Crippen LogP contribution is 2.21. The van der Waals surface area contributed by atoms with E-state index in [9.17, 15) is 8.42 Å². The van der Waals surface area contributed by atoms with E-state index in [1.807, 2.05) is 12.1 Å². The normalized spacial score (nSPS) is 11.4. The summed E-state index contributed by atoms with van der Waals surface area (Å²) < 4.78 is 31.2. The number of H-pyrrole nitrogens is 1. The Kier molecular flexibility index (Phi) is 4.75. The molecule has 108 valence electrons. The van der Waals surface area contributed by atoms with Crippen molar-refractivity contribution in [2.24, 2.45) is 0 Å². The van der Waals surface area contributed by atoms with E-state index < -0.39 is 10.0 Å². The zero-order valence-corrected chi connectivity index (χ0v) is 12.0. The number of sulfonamides is 1. The molecule has 7 heteroatoms. The number of anilines is 1. The summed E-state index contributed by atoms with van der Waals surface area (Å²) in [5.41, 5.74) is 2.25. The first-order valence-electron chi connectivity index (χ1n) is 6.20. The fraction of sp³-hybridized carbons (Fsp3) is 0.308. The van der Waals surface area contributed by atoms with E-state index in [2.05, 4.69) is 14.9 Å². The Bertz CT molecular complexity index is 639. The Labute approximate surface area is 118 Å². The van der Waals surface area contributed by atoms with Gasteiger partial charge in [0.2, 0.25) is 10.0 Å². The third kappa shape index (κ3) is 4.07. The van der Waals surface area contributed by atoms with Crippen LogP contribution >= 0.6 is 0 Å². The summed E-state index contributed by atoms with van der Waals surface area (Å²) >= 11 is 0. The van der Waals surface area contributed by atoms with Gasteiger partial charge in [-0.05, 0) is 24.6 Å². The topological polar surface area (TPSA) is 84.1 Å². The molecule has 2 rings (SSSR count). The highest BCUT2D eigenvalue weighted by Gasteiger charge is 2.10. The lowest BCUT2D eigenvalue weighted by Crippen LogP contribution is -2.17. The van der Waals surface area contributed by atoms with Gasteiger partial charge in [-0.3, -0.25) is 9.82 Å². The lowest BCUT2D eigenvalue weighted by atomic mass is 10.1. The zero-order valence-electron chi connectivity index (χ0n) is 11.2. The molecule has 0 amide bonds. The second-order valence-electron chi connectivity index (χ2n) is 4.32. The van der Waals surface area contributed by atoms with Crippen molar-refractivity contribution >= 4 is 15.7 Å². The Balaban J connectivity index is 2.08. The average Bonchev–Trinajstić information content (AvgIpc) is 2.92. The Hall–Kier alpha value is -1.86. The zero-order chi connectivity index (χ0) is 14.4. The number of aromatic amines is 1. The number of nitrogens with zero attached hydrogens (tertiary/aromatic N) is 1. The number of rotatable bonds is 7. The van der Waals surface area contributed by atoms with Gasteiger partial charge in [0.1, 0.15) is 0 Å². The van der Waals surface area contributed by atoms with Crippen LogP contribution in [-0.2, 0) is 14.8 Å². The van der Waals surface area contributed by atoms with Crippen LogP contribution in [0.25, 0.3) is 11.3 Å². The van der Waals surface area contributed by atoms with E-state index in [-0.39, 0.29) is 5.75 Å². The lowest BCUT2D eigenvalue weighted by molar-refractivity contribution is 0.199. The highest BCUT2D eigenvalue weighted by molar-refractivity contribution is 7.92. The van der Waals surface area contributed by atoms with Gasteiger partial charge in [-0.15, -0.1) is 0 Å². The number of benzene rings is 1. The molecule has 1 aromatic heterocycles. The summed E-state index contributed by atoms with van der Waals surface area (Å²) in [5, 5.41) is 6.72. The van der Waals surface area contributed by atoms with Crippen molar-refractivity contribution in [1.82, 2.24) is 10.2 Å². The molecule has 0 aliphatic carbocycles. The van der Waals surface area contributed by atoms with Crippen LogP contribution in [-0.4, -0.2) is 38.1 Å². The van der Waals surface area contributed by atoms with Crippen LogP contribution in [0.2, 0.25) is 0 Å². The molecule has 1 heterocycles.